The van der Waals surface area contributed by atoms with Crippen LogP contribution in [-0.4, -0.2) is 11.2 Å². The lowest BCUT2D eigenvalue weighted by Crippen LogP contribution is -2.38. The van der Waals surface area contributed by atoms with Crippen LogP contribution in [0.5, 0.6) is 0 Å². The molecule has 0 radical (unpaired) electrons. The van der Waals surface area contributed by atoms with Crippen molar-refractivity contribution in [3.63, 3.8) is 0 Å². The molecule has 1 aromatic rings. The second-order valence-corrected chi connectivity index (χ2v) is 5.32. The van der Waals surface area contributed by atoms with Crippen LogP contribution < -0.4 is 5.32 Å². The number of hydrogen-bond donors (Lipinski definition) is 1. The zero-order chi connectivity index (χ0) is 11.5. The molecule has 3 atom stereocenters. The van der Waals surface area contributed by atoms with Gasteiger partial charge in [0.25, 0.3) is 0 Å². The van der Waals surface area contributed by atoms with E-state index in [1.165, 1.54) is 19.3 Å². The SMILES string of the molecule is Cc1cc(CNC2CC(C)CCC2C)on1. The second kappa shape index (κ2) is 5.00. The number of nitrogens with zero attached hydrogens (tertiary/aromatic N) is 1. The Bertz CT molecular complexity index is 334. The van der Waals surface area contributed by atoms with Crippen molar-refractivity contribution in [2.45, 2.75) is 52.6 Å². The standard InChI is InChI=1S/C13H22N2O/c1-9-4-5-10(2)13(6-9)14-8-12-7-11(3)15-16-12/h7,9-10,13-14H,4-6,8H2,1-3H3. The summed E-state index contributed by atoms with van der Waals surface area (Å²) in [7, 11) is 0. The van der Waals surface area contributed by atoms with E-state index in [4.69, 9.17) is 4.52 Å². The fourth-order valence-corrected chi connectivity index (χ4v) is 2.55. The third-order valence-corrected chi connectivity index (χ3v) is 3.67. The van der Waals surface area contributed by atoms with Gasteiger partial charge in [-0.3, -0.25) is 0 Å². The number of aromatic nitrogens is 1. The molecule has 1 heterocycles. The first-order chi connectivity index (χ1) is 7.65. The van der Waals surface area contributed by atoms with Gasteiger partial charge < -0.3 is 9.84 Å². The van der Waals surface area contributed by atoms with Crippen molar-refractivity contribution in [3.8, 4) is 0 Å². The summed E-state index contributed by atoms with van der Waals surface area (Å²) in [5.41, 5.74) is 0.960. The largest absolute Gasteiger partial charge is 0.360 e. The highest BCUT2D eigenvalue weighted by atomic mass is 16.5. The quantitative estimate of drug-likeness (QED) is 0.854. The summed E-state index contributed by atoms with van der Waals surface area (Å²) in [6, 6.07) is 2.64. The van der Waals surface area contributed by atoms with E-state index in [0.717, 1.165) is 29.8 Å². The summed E-state index contributed by atoms with van der Waals surface area (Å²) in [5, 5.41) is 7.50. The average molecular weight is 222 g/mol. The minimum Gasteiger partial charge on any atom is -0.360 e. The van der Waals surface area contributed by atoms with E-state index in [1.807, 2.05) is 13.0 Å². The summed E-state index contributed by atoms with van der Waals surface area (Å²) >= 11 is 0. The van der Waals surface area contributed by atoms with Gasteiger partial charge in [0, 0.05) is 12.1 Å². The van der Waals surface area contributed by atoms with Crippen molar-refractivity contribution in [1.82, 2.24) is 10.5 Å². The van der Waals surface area contributed by atoms with Crippen LogP contribution in [-0.2, 0) is 6.54 Å². The second-order valence-electron chi connectivity index (χ2n) is 5.32. The van der Waals surface area contributed by atoms with Crippen molar-refractivity contribution in [2.75, 3.05) is 0 Å². The molecule has 0 amide bonds. The maximum absolute atomic E-state index is 5.20. The number of rotatable bonds is 3. The van der Waals surface area contributed by atoms with Gasteiger partial charge in [-0.05, 0) is 31.6 Å². The van der Waals surface area contributed by atoms with Crippen molar-refractivity contribution < 1.29 is 4.52 Å². The normalized spacial score (nSPS) is 30.6. The summed E-state index contributed by atoms with van der Waals surface area (Å²) < 4.78 is 5.20. The van der Waals surface area contributed by atoms with Gasteiger partial charge in [0.05, 0.1) is 12.2 Å². The monoisotopic (exact) mass is 222 g/mol. The van der Waals surface area contributed by atoms with E-state index in [-0.39, 0.29) is 0 Å². The Morgan fingerprint density at radius 1 is 1.44 bits per heavy atom. The number of aryl methyl sites for hydroxylation is 1. The minimum absolute atomic E-state index is 0.633. The van der Waals surface area contributed by atoms with Gasteiger partial charge in [-0.2, -0.15) is 0 Å². The Kier molecular flexibility index (Phi) is 3.64. The predicted octanol–water partition coefficient (Wildman–Crippen LogP) is 2.90. The van der Waals surface area contributed by atoms with E-state index in [1.54, 1.807) is 0 Å². The molecule has 1 aliphatic rings. The Hall–Kier alpha value is -0.830. The Labute approximate surface area is 97.6 Å². The van der Waals surface area contributed by atoms with E-state index in [0.29, 0.717) is 6.04 Å². The smallest absolute Gasteiger partial charge is 0.150 e. The third kappa shape index (κ3) is 2.85. The van der Waals surface area contributed by atoms with Crippen molar-refractivity contribution in [1.29, 1.82) is 0 Å². The van der Waals surface area contributed by atoms with Gasteiger partial charge in [0.2, 0.25) is 0 Å². The lowest BCUT2D eigenvalue weighted by molar-refractivity contribution is 0.221. The zero-order valence-electron chi connectivity index (χ0n) is 10.5. The first-order valence-corrected chi connectivity index (χ1v) is 6.30. The molecule has 1 N–H and O–H groups in total. The molecule has 3 heteroatoms. The van der Waals surface area contributed by atoms with Crippen LogP contribution in [0.25, 0.3) is 0 Å². The molecule has 0 spiro atoms. The lowest BCUT2D eigenvalue weighted by Gasteiger charge is -2.33. The summed E-state index contributed by atoms with van der Waals surface area (Å²) in [6.07, 6.45) is 4.00. The van der Waals surface area contributed by atoms with Crippen molar-refractivity contribution in [3.05, 3.63) is 17.5 Å². The van der Waals surface area contributed by atoms with E-state index >= 15 is 0 Å². The van der Waals surface area contributed by atoms with E-state index in [2.05, 4.69) is 24.3 Å². The molecule has 16 heavy (non-hydrogen) atoms. The Balaban J connectivity index is 1.84. The van der Waals surface area contributed by atoms with Crippen LogP contribution >= 0.6 is 0 Å². The third-order valence-electron chi connectivity index (χ3n) is 3.67. The molecular weight excluding hydrogens is 200 g/mol. The van der Waals surface area contributed by atoms with Crippen LogP contribution in [0, 0.1) is 18.8 Å². The highest BCUT2D eigenvalue weighted by Crippen LogP contribution is 2.28. The molecule has 3 nitrogen and oxygen atoms in total. The fraction of sp³-hybridized carbons (Fsp3) is 0.769. The zero-order valence-corrected chi connectivity index (χ0v) is 10.5. The van der Waals surface area contributed by atoms with Crippen LogP contribution in [0.1, 0.15) is 44.6 Å². The van der Waals surface area contributed by atoms with E-state index in [9.17, 15) is 0 Å². The highest BCUT2D eigenvalue weighted by Gasteiger charge is 2.25. The highest BCUT2D eigenvalue weighted by molar-refractivity contribution is 5.03. The molecule has 0 aliphatic heterocycles. The number of hydrogen-bond acceptors (Lipinski definition) is 3. The Morgan fingerprint density at radius 2 is 2.25 bits per heavy atom. The maximum atomic E-state index is 5.20. The number of nitrogens with one attached hydrogen (secondary N) is 1. The molecule has 90 valence electrons. The Morgan fingerprint density at radius 3 is 2.94 bits per heavy atom. The lowest BCUT2D eigenvalue weighted by atomic mass is 9.80. The van der Waals surface area contributed by atoms with Crippen LogP contribution in [0.2, 0.25) is 0 Å². The first kappa shape index (κ1) is 11.6. The molecule has 1 saturated carbocycles. The predicted molar refractivity (Wildman–Crippen MR) is 64.0 cm³/mol. The van der Waals surface area contributed by atoms with Crippen LogP contribution in [0.15, 0.2) is 10.6 Å². The van der Waals surface area contributed by atoms with Gasteiger partial charge in [-0.25, -0.2) is 0 Å². The van der Waals surface area contributed by atoms with Gasteiger partial charge in [0.1, 0.15) is 0 Å². The van der Waals surface area contributed by atoms with E-state index < -0.39 is 0 Å². The fourth-order valence-electron chi connectivity index (χ4n) is 2.55. The van der Waals surface area contributed by atoms with Crippen LogP contribution in [0.3, 0.4) is 0 Å². The first-order valence-electron chi connectivity index (χ1n) is 6.30. The molecule has 2 rings (SSSR count). The molecule has 1 aromatic heterocycles. The summed E-state index contributed by atoms with van der Waals surface area (Å²) in [5.74, 6) is 2.58. The van der Waals surface area contributed by atoms with Crippen molar-refractivity contribution >= 4 is 0 Å². The molecule has 1 aliphatic carbocycles. The molecular formula is C13H22N2O. The van der Waals surface area contributed by atoms with Gasteiger partial charge in [-0.15, -0.1) is 0 Å². The molecule has 3 unspecified atom stereocenters. The van der Waals surface area contributed by atoms with Gasteiger partial charge in [-0.1, -0.05) is 25.4 Å². The van der Waals surface area contributed by atoms with Gasteiger partial charge in [0.15, 0.2) is 5.76 Å². The topological polar surface area (TPSA) is 38.1 Å². The average Bonchev–Trinajstić information content (AvgIpc) is 2.66. The summed E-state index contributed by atoms with van der Waals surface area (Å²) in [6.45, 7) is 7.45. The molecule has 0 aromatic carbocycles. The maximum Gasteiger partial charge on any atom is 0.150 e. The van der Waals surface area contributed by atoms with Crippen LogP contribution in [0.4, 0.5) is 0 Å². The minimum atomic E-state index is 0.633. The molecule has 0 saturated heterocycles. The van der Waals surface area contributed by atoms with Gasteiger partial charge >= 0.3 is 0 Å². The molecule has 0 bridgehead atoms. The summed E-state index contributed by atoms with van der Waals surface area (Å²) in [4.78, 5) is 0. The van der Waals surface area contributed by atoms with Crippen molar-refractivity contribution in [2.24, 2.45) is 11.8 Å². The molecule has 1 fully saturated rings.